The fourth-order valence-corrected chi connectivity index (χ4v) is 1.16. The van der Waals surface area contributed by atoms with Gasteiger partial charge in [-0.1, -0.05) is 6.42 Å². The molecule has 0 saturated carbocycles. The van der Waals surface area contributed by atoms with E-state index in [-0.39, 0.29) is 5.91 Å². The van der Waals surface area contributed by atoms with Crippen LogP contribution in [0.25, 0.3) is 0 Å². The number of carbonyl (C=O) groups is 2. The number of nitrogens with zero attached hydrogens (tertiary/aromatic N) is 1. The van der Waals surface area contributed by atoms with Crippen molar-refractivity contribution in [3.63, 3.8) is 0 Å². The first-order valence-corrected chi connectivity index (χ1v) is 3.98. The van der Waals surface area contributed by atoms with Crippen LogP contribution in [-0.4, -0.2) is 23.6 Å². The largest absolute Gasteiger partial charge is 0.429 e. The van der Waals surface area contributed by atoms with Gasteiger partial charge in [-0.25, -0.2) is 4.79 Å². The molecule has 12 heavy (non-hydrogen) atoms. The summed E-state index contributed by atoms with van der Waals surface area (Å²) in [6.07, 6.45) is 2.22. The fraction of sp³-hybridized carbons (Fsp3) is 0.714. The first kappa shape index (κ1) is 8.83. The normalized spacial score (nSPS) is 18.7. The van der Waals surface area contributed by atoms with Crippen molar-refractivity contribution >= 4 is 12.0 Å². The third-order valence-corrected chi connectivity index (χ3v) is 1.73. The molecule has 0 aromatic rings. The average molecular weight is 172 g/mol. The van der Waals surface area contributed by atoms with Gasteiger partial charge < -0.3 is 10.6 Å². The molecule has 2 amide bonds. The van der Waals surface area contributed by atoms with Crippen LogP contribution in [0.5, 0.6) is 0 Å². The standard InChI is InChI=1S/C7H12N2O3/c8-7(11)12-9-5-3-1-2-4-6(9)10/h1-5H2,(H2,8,11). The molecule has 1 heterocycles. The lowest BCUT2D eigenvalue weighted by Gasteiger charge is -2.16. The fourth-order valence-electron chi connectivity index (χ4n) is 1.16. The minimum atomic E-state index is -0.926. The van der Waals surface area contributed by atoms with E-state index in [0.717, 1.165) is 24.3 Å². The van der Waals surface area contributed by atoms with Crippen LogP contribution in [0.1, 0.15) is 25.7 Å². The Morgan fingerprint density at radius 3 is 2.83 bits per heavy atom. The van der Waals surface area contributed by atoms with Gasteiger partial charge in [0.25, 0.3) is 5.91 Å². The van der Waals surface area contributed by atoms with Crippen molar-refractivity contribution in [3.8, 4) is 0 Å². The van der Waals surface area contributed by atoms with E-state index in [0.29, 0.717) is 13.0 Å². The number of amides is 2. The lowest BCUT2D eigenvalue weighted by molar-refractivity contribution is -0.163. The van der Waals surface area contributed by atoms with E-state index in [1.165, 1.54) is 0 Å². The zero-order valence-corrected chi connectivity index (χ0v) is 6.78. The highest BCUT2D eigenvalue weighted by atomic mass is 16.7. The predicted molar refractivity (Wildman–Crippen MR) is 40.8 cm³/mol. The summed E-state index contributed by atoms with van der Waals surface area (Å²) >= 11 is 0. The van der Waals surface area contributed by atoms with E-state index in [1.807, 2.05) is 0 Å². The minimum absolute atomic E-state index is 0.161. The van der Waals surface area contributed by atoms with Gasteiger partial charge in [-0.05, 0) is 12.8 Å². The lowest BCUT2D eigenvalue weighted by Crippen LogP contribution is -2.35. The van der Waals surface area contributed by atoms with Crippen molar-refractivity contribution in [2.45, 2.75) is 25.7 Å². The van der Waals surface area contributed by atoms with Crippen LogP contribution in [0, 0.1) is 0 Å². The Balaban J connectivity index is 2.47. The molecule has 0 atom stereocenters. The SMILES string of the molecule is NC(=O)ON1CCCCCC1=O. The maximum Gasteiger partial charge on any atom is 0.429 e. The number of hydrogen-bond acceptors (Lipinski definition) is 3. The lowest BCUT2D eigenvalue weighted by atomic mass is 10.2. The molecule has 0 unspecified atom stereocenters. The molecule has 1 fully saturated rings. The van der Waals surface area contributed by atoms with Gasteiger partial charge in [0.2, 0.25) is 0 Å². The van der Waals surface area contributed by atoms with Gasteiger partial charge in [0.1, 0.15) is 0 Å². The molecule has 0 bridgehead atoms. The number of nitrogens with two attached hydrogens (primary N) is 1. The summed E-state index contributed by atoms with van der Waals surface area (Å²) in [6.45, 7) is 0.460. The summed E-state index contributed by atoms with van der Waals surface area (Å²) in [7, 11) is 0. The van der Waals surface area contributed by atoms with E-state index in [4.69, 9.17) is 5.73 Å². The Hall–Kier alpha value is -1.26. The highest BCUT2D eigenvalue weighted by Crippen LogP contribution is 2.10. The van der Waals surface area contributed by atoms with E-state index in [9.17, 15) is 9.59 Å². The smallest absolute Gasteiger partial charge is 0.333 e. The van der Waals surface area contributed by atoms with E-state index in [1.54, 1.807) is 0 Å². The molecule has 2 N–H and O–H groups in total. The number of rotatable bonds is 1. The van der Waals surface area contributed by atoms with Gasteiger partial charge in [-0.15, -0.1) is 0 Å². The Morgan fingerprint density at radius 2 is 2.17 bits per heavy atom. The zero-order valence-electron chi connectivity index (χ0n) is 6.78. The number of carbonyl (C=O) groups excluding carboxylic acids is 2. The molecular weight excluding hydrogens is 160 g/mol. The number of primary amides is 1. The molecule has 0 radical (unpaired) electrons. The molecular formula is C7H12N2O3. The highest BCUT2D eigenvalue weighted by molar-refractivity contribution is 5.77. The van der Waals surface area contributed by atoms with Crippen LogP contribution in [-0.2, 0) is 9.63 Å². The van der Waals surface area contributed by atoms with Crippen molar-refractivity contribution < 1.29 is 14.4 Å². The van der Waals surface area contributed by atoms with Gasteiger partial charge in [-0.2, -0.15) is 5.06 Å². The van der Waals surface area contributed by atoms with Crippen molar-refractivity contribution in [3.05, 3.63) is 0 Å². The molecule has 1 aliphatic heterocycles. The van der Waals surface area contributed by atoms with Crippen molar-refractivity contribution in [1.82, 2.24) is 5.06 Å². The second-order valence-corrected chi connectivity index (χ2v) is 2.72. The maximum absolute atomic E-state index is 11.1. The summed E-state index contributed by atoms with van der Waals surface area (Å²) in [6, 6.07) is 0. The Labute approximate surface area is 70.4 Å². The highest BCUT2D eigenvalue weighted by Gasteiger charge is 2.19. The molecule has 1 saturated heterocycles. The molecule has 0 aliphatic carbocycles. The van der Waals surface area contributed by atoms with Crippen LogP contribution >= 0.6 is 0 Å². The van der Waals surface area contributed by atoms with Gasteiger partial charge in [0.05, 0.1) is 6.54 Å². The molecule has 0 aromatic heterocycles. The van der Waals surface area contributed by atoms with E-state index < -0.39 is 6.09 Å². The van der Waals surface area contributed by atoms with Crippen molar-refractivity contribution in [2.75, 3.05) is 6.54 Å². The van der Waals surface area contributed by atoms with Crippen LogP contribution in [0.4, 0.5) is 4.79 Å². The summed E-state index contributed by atoms with van der Waals surface area (Å²) in [5, 5.41) is 1.05. The molecule has 0 aromatic carbocycles. The second kappa shape index (κ2) is 3.94. The molecule has 1 rings (SSSR count). The van der Waals surface area contributed by atoms with E-state index in [2.05, 4.69) is 4.84 Å². The van der Waals surface area contributed by atoms with Crippen molar-refractivity contribution in [1.29, 1.82) is 0 Å². The van der Waals surface area contributed by atoms with Gasteiger partial charge >= 0.3 is 6.09 Å². The third kappa shape index (κ3) is 2.41. The summed E-state index contributed by atoms with van der Waals surface area (Å²) < 4.78 is 0. The van der Waals surface area contributed by atoms with Crippen LogP contribution in [0.15, 0.2) is 0 Å². The second-order valence-electron chi connectivity index (χ2n) is 2.72. The molecule has 1 aliphatic rings. The molecule has 68 valence electrons. The molecule has 5 nitrogen and oxygen atoms in total. The Kier molecular flexibility index (Phi) is 2.90. The zero-order chi connectivity index (χ0) is 8.97. The van der Waals surface area contributed by atoms with Crippen LogP contribution in [0.2, 0.25) is 0 Å². The quantitative estimate of drug-likeness (QED) is 0.622. The van der Waals surface area contributed by atoms with Crippen LogP contribution in [0.3, 0.4) is 0 Å². The van der Waals surface area contributed by atoms with Crippen LogP contribution < -0.4 is 5.73 Å². The molecule has 0 spiro atoms. The Morgan fingerprint density at radius 1 is 1.42 bits per heavy atom. The monoisotopic (exact) mass is 172 g/mol. The topological polar surface area (TPSA) is 72.6 Å². The first-order chi connectivity index (χ1) is 5.70. The van der Waals surface area contributed by atoms with Crippen molar-refractivity contribution in [2.24, 2.45) is 5.73 Å². The summed E-state index contributed by atoms with van der Waals surface area (Å²) in [4.78, 5) is 26.0. The third-order valence-electron chi connectivity index (χ3n) is 1.73. The van der Waals surface area contributed by atoms with Gasteiger partial charge in [0.15, 0.2) is 0 Å². The summed E-state index contributed by atoms with van der Waals surface area (Å²) in [5.74, 6) is -0.161. The first-order valence-electron chi connectivity index (χ1n) is 3.98. The number of hydroxylamine groups is 2. The van der Waals surface area contributed by atoms with E-state index >= 15 is 0 Å². The predicted octanol–water partition coefficient (Wildman–Crippen LogP) is 0.399. The van der Waals surface area contributed by atoms with Gasteiger partial charge in [-0.3, -0.25) is 4.79 Å². The number of hydrogen-bond donors (Lipinski definition) is 1. The summed E-state index contributed by atoms with van der Waals surface area (Å²) in [5.41, 5.74) is 4.78. The average Bonchev–Trinajstić information content (AvgIpc) is 2.16. The minimum Gasteiger partial charge on any atom is -0.333 e. The molecule has 5 heteroatoms. The van der Waals surface area contributed by atoms with Gasteiger partial charge in [0, 0.05) is 6.42 Å². The Bertz CT molecular complexity index is 193. The maximum atomic E-state index is 11.1.